The fraction of sp³-hybridized carbons (Fsp3) is 0.875. The molecular formula is C24H36O4. The van der Waals surface area contributed by atoms with Crippen LogP contribution >= 0.6 is 0 Å². The van der Waals surface area contributed by atoms with E-state index in [0.717, 1.165) is 32.1 Å². The van der Waals surface area contributed by atoms with Gasteiger partial charge in [-0.3, -0.25) is 4.79 Å². The average molecular weight is 389 g/mol. The molecule has 156 valence electrons. The van der Waals surface area contributed by atoms with Gasteiger partial charge in [-0.2, -0.15) is 0 Å². The van der Waals surface area contributed by atoms with Crippen molar-refractivity contribution in [3.8, 4) is 0 Å². The van der Waals surface area contributed by atoms with Crippen LogP contribution in [0.5, 0.6) is 0 Å². The summed E-state index contributed by atoms with van der Waals surface area (Å²) in [6, 6.07) is 0. The molecule has 0 aromatic heterocycles. The number of ketones is 1. The molecule has 1 heterocycles. The van der Waals surface area contributed by atoms with Gasteiger partial charge in [0, 0.05) is 17.3 Å². The summed E-state index contributed by atoms with van der Waals surface area (Å²) < 4.78 is 12.9. The van der Waals surface area contributed by atoms with E-state index in [0.29, 0.717) is 49.1 Å². The van der Waals surface area contributed by atoms with Gasteiger partial charge in [-0.25, -0.2) is 0 Å². The maximum Gasteiger partial charge on any atom is 0.177 e. The molecule has 7 atom stereocenters. The maximum absolute atomic E-state index is 13.5. The zero-order valence-electron chi connectivity index (χ0n) is 17.9. The summed E-state index contributed by atoms with van der Waals surface area (Å²) >= 11 is 0. The summed E-state index contributed by atoms with van der Waals surface area (Å²) in [7, 11) is 0. The SMILES string of the molecule is CC(C)[C@@H]1C[C@H]2[C@@H]3C(=O)C=C4C[C@H](O)CC[C@]4(C)[C@H]3CC[C@]2(C)C12OCCO2. The van der Waals surface area contributed by atoms with Gasteiger partial charge in [0.1, 0.15) is 0 Å². The summed E-state index contributed by atoms with van der Waals surface area (Å²) in [5, 5.41) is 10.2. The van der Waals surface area contributed by atoms with Crippen LogP contribution in [0.3, 0.4) is 0 Å². The largest absolute Gasteiger partial charge is 0.393 e. The summed E-state index contributed by atoms with van der Waals surface area (Å²) in [6.07, 6.45) is 7.36. The molecule has 0 aromatic carbocycles. The molecule has 0 unspecified atom stereocenters. The molecule has 4 fully saturated rings. The Morgan fingerprint density at radius 2 is 1.82 bits per heavy atom. The van der Waals surface area contributed by atoms with Crippen molar-refractivity contribution in [1.29, 1.82) is 0 Å². The quantitative estimate of drug-likeness (QED) is 0.734. The number of ether oxygens (including phenoxy) is 2. The Labute approximate surface area is 169 Å². The molecule has 1 spiro atoms. The van der Waals surface area contributed by atoms with Crippen molar-refractivity contribution in [3.63, 3.8) is 0 Å². The highest BCUT2D eigenvalue weighted by atomic mass is 16.7. The number of rotatable bonds is 1. The lowest BCUT2D eigenvalue weighted by atomic mass is 9.47. The molecule has 28 heavy (non-hydrogen) atoms. The summed E-state index contributed by atoms with van der Waals surface area (Å²) in [6.45, 7) is 10.6. The molecule has 5 aliphatic rings. The van der Waals surface area contributed by atoms with Crippen molar-refractivity contribution in [3.05, 3.63) is 11.6 Å². The van der Waals surface area contributed by atoms with Gasteiger partial charge in [-0.15, -0.1) is 0 Å². The standard InChI is InChI=1S/C24H36O4/c1-14(2)18-13-19-21-17(6-8-23(19,4)24(18)27-9-10-28-24)22(3)7-5-16(25)11-15(22)12-20(21)26/h12,14,16-19,21,25H,5-11,13H2,1-4H3/t16-,17+,18+,19+,21-,22+,23+/m1/s1. The third-order valence-corrected chi connectivity index (χ3v) is 9.62. The van der Waals surface area contributed by atoms with E-state index in [9.17, 15) is 9.90 Å². The molecule has 4 nitrogen and oxygen atoms in total. The molecule has 4 aliphatic carbocycles. The number of allylic oxidation sites excluding steroid dienone is 1. The van der Waals surface area contributed by atoms with E-state index in [1.165, 1.54) is 5.57 Å². The highest BCUT2D eigenvalue weighted by Crippen LogP contribution is 2.70. The molecule has 4 heteroatoms. The number of hydrogen-bond acceptors (Lipinski definition) is 4. The molecule has 5 rings (SSSR count). The summed E-state index contributed by atoms with van der Waals surface area (Å²) in [5.41, 5.74) is 1.19. The Morgan fingerprint density at radius 3 is 2.50 bits per heavy atom. The predicted octanol–water partition coefficient (Wildman–Crippen LogP) is 4.11. The van der Waals surface area contributed by atoms with Gasteiger partial charge in [-0.1, -0.05) is 33.3 Å². The highest BCUT2D eigenvalue weighted by molar-refractivity contribution is 5.94. The van der Waals surface area contributed by atoms with Crippen LogP contribution in [0, 0.1) is 40.4 Å². The number of hydrogen-bond donors (Lipinski definition) is 1. The fourth-order valence-electron chi connectivity index (χ4n) is 8.11. The van der Waals surface area contributed by atoms with E-state index in [4.69, 9.17) is 9.47 Å². The monoisotopic (exact) mass is 388 g/mol. The first kappa shape index (κ1) is 19.3. The van der Waals surface area contributed by atoms with Crippen molar-refractivity contribution in [2.24, 2.45) is 40.4 Å². The van der Waals surface area contributed by atoms with Crippen molar-refractivity contribution in [1.82, 2.24) is 0 Å². The van der Waals surface area contributed by atoms with E-state index in [-0.39, 0.29) is 22.9 Å². The number of aliphatic hydroxyl groups excluding tert-OH is 1. The second kappa shape index (κ2) is 6.15. The van der Waals surface area contributed by atoms with Crippen molar-refractivity contribution in [2.75, 3.05) is 13.2 Å². The average Bonchev–Trinajstić information content (AvgIpc) is 3.22. The Morgan fingerprint density at radius 1 is 1.11 bits per heavy atom. The van der Waals surface area contributed by atoms with Crippen LogP contribution in [0.2, 0.25) is 0 Å². The fourth-order valence-corrected chi connectivity index (χ4v) is 8.11. The van der Waals surface area contributed by atoms with Crippen LogP contribution in [-0.4, -0.2) is 36.0 Å². The van der Waals surface area contributed by atoms with Crippen LogP contribution in [0.15, 0.2) is 11.6 Å². The highest BCUT2D eigenvalue weighted by Gasteiger charge is 2.71. The zero-order chi connectivity index (χ0) is 19.9. The molecule has 3 saturated carbocycles. The predicted molar refractivity (Wildman–Crippen MR) is 106 cm³/mol. The molecule has 0 aromatic rings. The van der Waals surface area contributed by atoms with Crippen molar-refractivity contribution >= 4 is 5.78 Å². The first-order valence-electron chi connectivity index (χ1n) is 11.4. The molecular weight excluding hydrogens is 352 g/mol. The van der Waals surface area contributed by atoms with E-state index < -0.39 is 5.79 Å². The molecule has 1 saturated heterocycles. The lowest BCUT2D eigenvalue weighted by Crippen LogP contribution is -2.58. The second-order valence-electron chi connectivity index (χ2n) is 11.0. The summed E-state index contributed by atoms with van der Waals surface area (Å²) in [5.74, 6) is 1.43. The lowest BCUT2D eigenvalue weighted by molar-refractivity contribution is -0.265. The van der Waals surface area contributed by atoms with Crippen molar-refractivity contribution in [2.45, 2.75) is 78.1 Å². The van der Waals surface area contributed by atoms with Crippen LogP contribution in [0.4, 0.5) is 0 Å². The molecule has 0 radical (unpaired) electrons. The van der Waals surface area contributed by atoms with Gasteiger partial charge in [0.15, 0.2) is 11.6 Å². The lowest BCUT2D eigenvalue weighted by Gasteiger charge is -2.58. The first-order valence-corrected chi connectivity index (χ1v) is 11.4. The minimum absolute atomic E-state index is 0.0691. The van der Waals surface area contributed by atoms with E-state index in [2.05, 4.69) is 27.7 Å². The Hall–Kier alpha value is -0.710. The van der Waals surface area contributed by atoms with Gasteiger partial charge < -0.3 is 14.6 Å². The molecule has 1 aliphatic heterocycles. The van der Waals surface area contributed by atoms with Crippen LogP contribution in [-0.2, 0) is 14.3 Å². The van der Waals surface area contributed by atoms with Gasteiger partial charge in [0.2, 0.25) is 0 Å². The van der Waals surface area contributed by atoms with Crippen LogP contribution < -0.4 is 0 Å². The molecule has 0 bridgehead atoms. The Balaban J connectivity index is 1.57. The van der Waals surface area contributed by atoms with Gasteiger partial charge in [0.05, 0.1) is 19.3 Å². The topological polar surface area (TPSA) is 55.8 Å². The summed E-state index contributed by atoms with van der Waals surface area (Å²) in [4.78, 5) is 13.5. The smallest absolute Gasteiger partial charge is 0.177 e. The zero-order valence-corrected chi connectivity index (χ0v) is 17.9. The Kier molecular flexibility index (Phi) is 4.23. The second-order valence-corrected chi connectivity index (χ2v) is 11.0. The minimum atomic E-state index is -0.509. The first-order chi connectivity index (χ1) is 13.2. The minimum Gasteiger partial charge on any atom is -0.393 e. The van der Waals surface area contributed by atoms with Crippen molar-refractivity contribution < 1.29 is 19.4 Å². The van der Waals surface area contributed by atoms with Gasteiger partial charge in [0.25, 0.3) is 0 Å². The van der Waals surface area contributed by atoms with Gasteiger partial charge >= 0.3 is 0 Å². The normalized spacial score (nSPS) is 49.7. The third-order valence-electron chi connectivity index (χ3n) is 9.62. The number of fused-ring (bicyclic) bond motifs is 6. The van der Waals surface area contributed by atoms with E-state index >= 15 is 0 Å². The van der Waals surface area contributed by atoms with E-state index in [1.54, 1.807) is 0 Å². The molecule has 1 N–H and O–H groups in total. The maximum atomic E-state index is 13.5. The number of aliphatic hydroxyl groups is 1. The van der Waals surface area contributed by atoms with Crippen LogP contribution in [0.25, 0.3) is 0 Å². The number of carbonyl (C=O) groups excluding carboxylic acids is 1. The van der Waals surface area contributed by atoms with Gasteiger partial charge in [-0.05, 0) is 67.8 Å². The van der Waals surface area contributed by atoms with Crippen LogP contribution in [0.1, 0.15) is 66.2 Å². The Bertz CT molecular complexity index is 705. The third kappa shape index (κ3) is 2.26. The van der Waals surface area contributed by atoms with E-state index in [1.807, 2.05) is 6.08 Å². The molecule has 0 amide bonds. The number of carbonyl (C=O) groups is 1.